The van der Waals surface area contributed by atoms with Crippen molar-refractivity contribution in [2.45, 2.75) is 19.4 Å². The molecule has 5 nitrogen and oxygen atoms in total. The predicted molar refractivity (Wildman–Crippen MR) is 56.2 cm³/mol. The first-order valence-corrected chi connectivity index (χ1v) is 4.48. The fourth-order valence-corrected chi connectivity index (χ4v) is 0.815. The standard InChI is InChI=1S/C10H16N2O3/c1-5-6-11-7-8(13)12(4)10(2,3)9(14)15/h1,11H,6-7H2,2-4H3,(H,14,15). The van der Waals surface area contributed by atoms with E-state index in [2.05, 4.69) is 11.2 Å². The summed E-state index contributed by atoms with van der Waals surface area (Å²) in [5.74, 6) is 0.972. The van der Waals surface area contributed by atoms with Gasteiger partial charge in [-0.1, -0.05) is 5.92 Å². The molecule has 0 aromatic rings. The summed E-state index contributed by atoms with van der Waals surface area (Å²) < 4.78 is 0. The van der Waals surface area contributed by atoms with Crippen molar-refractivity contribution in [2.24, 2.45) is 0 Å². The summed E-state index contributed by atoms with van der Waals surface area (Å²) in [5.41, 5.74) is -1.21. The van der Waals surface area contributed by atoms with E-state index in [4.69, 9.17) is 11.5 Å². The lowest BCUT2D eigenvalue weighted by atomic mass is 10.0. The third-order valence-electron chi connectivity index (χ3n) is 2.24. The van der Waals surface area contributed by atoms with E-state index >= 15 is 0 Å². The van der Waals surface area contributed by atoms with Gasteiger partial charge in [-0.3, -0.25) is 10.1 Å². The first kappa shape index (κ1) is 13.5. The Balaban J connectivity index is 4.33. The maximum absolute atomic E-state index is 11.5. The van der Waals surface area contributed by atoms with Gasteiger partial charge in [0.05, 0.1) is 13.1 Å². The number of amides is 1. The maximum atomic E-state index is 11.5. The topological polar surface area (TPSA) is 69.6 Å². The van der Waals surface area contributed by atoms with Gasteiger partial charge in [-0.05, 0) is 13.8 Å². The molecule has 0 aromatic carbocycles. The smallest absolute Gasteiger partial charge is 0.329 e. The highest BCUT2D eigenvalue weighted by molar-refractivity contribution is 5.87. The molecule has 0 saturated heterocycles. The van der Waals surface area contributed by atoms with Gasteiger partial charge >= 0.3 is 5.97 Å². The zero-order valence-corrected chi connectivity index (χ0v) is 9.20. The molecule has 15 heavy (non-hydrogen) atoms. The Kier molecular flexibility index (Phi) is 4.82. The molecule has 0 bridgehead atoms. The Morgan fingerprint density at radius 2 is 2.07 bits per heavy atom. The third-order valence-corrected chi connectivity index (χ3v) is 2.24. The van der Waals surface area contributed by atoms with Crippen LogP contribution in [0.15, 0.2) is 0 Å². The fraction of sp³-hybridized carbons (Fsp3) is 0.600. The summed E-state index contributed by atoms with van der Waals surface area (Å²) >= 11 is 0. The summed E-state index contributed by atoms with van der Waals surface area (Å²) in [6.07, 6.45) is 4.99. The summed E-state index contributed by atoms with van der Waals surface area (Å²) in [7, 11) is 1.45. The van der Waals surface area contributed by atoms with Gasteiger partial charge in [0, 0.05) is 7.05 Å². The van der Waals surface area contributed by atoms with Crippen LogP contribution in [0.2, 0.25) is 0 Å². The largest absolute Gasteiger partial charge is 0.480 e. The lowest BCUT2D eigenvalue weighted by molar-refractivity contribution is -0.154. The van der Waals surface area contributed by atoms with Crippen LogP contribution in [-0.4, -0.2) is 47.6 Å². The third kappa shape index (κ3) is 3.60. The molecule has 84 valence electrons. The second-order valence-electron chi connectivity index (χ2n) is 3.62. The molecule has 1 amide bonds. The van der Waals surface area contributed by atoms with Crippen LogP contribution in [0.1, 0.15) is 13.8 Å². The number of hydrogen-bond acceptors (Lipinski definition) is 3. The number of hydrogen-bond donors (Lipinski definition) is 2. The highest BCUT2D eigenvalue weighted by atomic mass is 16.4. The van der Waals surface area contributed by atoms with Crippen molar-refractivity contribution in [3.8, 4) is 12.3 Å². The number of likely N-dealkylation sites (N-methyl/N-ethyl adjacent to an activating group) is 1. The Morgan fingerprint density at radius 3 is 2.47 bits per heavy atom. The van der Waals surface area contributed by atoms with Gasteiger partial charge in [0.25, 0.3) is 0 Å². The van der Waals surface area contributed by atoms with Crippen LogP contribution >= 0.6 is 0 Å². The second-order valence-corrected chi connectivity index (χ2v) is 3.62. The molecule has 0 aliphatic rings. The van der Waals surface area contributed by atoms with Gasteiger partial charge in [-0.2, -0.15) is 0 Å². The lowest BCUT2D eigenvalue weighted by Crippen LogP contribution is -2.53. The quantitative estimate of drug-likeness (QED) is 0.477. The van der Waals surface area contributed by atoms with E-state index in [1.807, 2.05) is 0 Å². The number of carbonyl (C=O) groups excluding carboxylic acids is 1. The number of carboxylic acids is 1. The molecular formula is C10H16N2O3. The molecule has 0 rings (SSSR count). The van der Waals surface area contributed by atoms with Crippen molar-refractivity contribution in [1.29, 1.82) is 0 Å². The van der Waals surface area contributed by atoms with Crippen LogP contribution in [0.4, 0.5) is 0 Å². The Morgan fingerprint density at radius 1 is 1.53 bits per heavy atom. The fourth-order valence-electron chi connectivity index (χ4n) is 0.815. The van der Waals surface area contributed by atoms with Crippen LogP contribution in [-0.2, 0) is 9.59 Å². The number of aliphatic carboxylic acids is 1. The van der Waals surface area contributed by atoms with Crippen molar-refractivity contribution < 1.29 is 14.7 Å². The molecule has 0 aliphatic carbocycles. The van der Waals surface area contributed by atoms with Gasteiger partial charge in [0.15, 0.2) is 0 Å². The molecule has 5 heteroatoms. The number of rotatable bonds is 5. The van der Waals surface area contributed by atoms with E-state index in [0.717, 1.165) is 0 Å². The SMILES string of the molecule is C#CCNCC(=O)N(C)C(C)(C)C(=O)O. The Labute approximate surface area is 89.4 Å². The van der Waals surface area contributed by atoms with Crippen molar-refractivity contribution in [1.82, 2.24) is 10.2 Å². The van der Waals surface area contributed by atoms with Gasteiger partial charge in [0.2, 0.25) is 5.91 Å². The average Bonchev–Trinajstić information content (AvgIpc) is 2.16. The minimum atomic E-state index is -1.21. The molecule has 0 fully saturated rings. The van der Waals surface area contributed by atoms with E-state index in [1.165, 1.54) is 25.8 Å². The summed E-state index contributed by atoms with van der Waals surface area (Å²) in [6, 6.07) is 0. The first-order chi connectivity index (χ1) is 6.84. The lowest BCUT2D eigenvalue weighted by Gasteiger charge is -2.31. The van der Waals surface area contributed by atoms with Crippen molar-refractivity contribution >= 4 is 11.9 Å². The molecule has 0 atom stereocenters. The molecule has 0 aliphatic heterocycles. The number of nitrogens with one attached hydrogen (secondary N) is 1. The number of carboxylic acid groups (broad SMARTS) is 1. The zero-order valence-electron chi connectivity index (χ0n) is 9.20. The number of terminal acetylenes is 1. The maximum Gasteiger partial charge on any atom is 0.329 e. The summed E-state index contributed by atoms with van der Waals surface area (Å²) in [6.45, 7) is 3.26. The number of carbonyl (C=O) groups is 2. The van der Waals surface area contributed by atoms with Crippen LogP contribution in [0, 0.1) is 12.3 Å². The van der Waals surface area contributed by atoms with Gasteiger partial charge in [-0.25, -0.2) is 4.79 Å². The minimum Gasteiger partial charge on any atom is -0.480 e. The summed E-state index contributed by atoms with van der Waals surface area (Å²) in [4.78, 5) is 23.5. The van der Waals surface area contributed by atoms with E-state index < -0.39 is 11.5 Å². The summed E-state index contributed by atoms with van der Waals surface area (Å²) in [5, 5.41) is 11.6. The minimum absolute atomic E-state index is 0.0391. The Bertz CT molecular complexity index is 292. The molecule has 0 unspecified atom stereocenters. The zero-order chi connectivity index (χ0) is 12.1. The van der Waals surface area contributed by atoms with E-state index in [0.29, 0.717) is 0 Å². The highest BCUT2D eigenvalue weighted by Crippen LogP contribution is 2.11. The highest BCUT2D eigenvalue weighted by Gasteiger charge is 2.34. The first-order valence-electron chi connectivity index (χ1n) is 4.48. The molecule has 0 spiro atoms. The van der Waals surface area contributed by atoms with Gasteiger partial charge < -0.3 is 10.0 Å². The number of nitrogens with zero attached hydrogens (tertiary/aromatic N) is 1. The normalized spacial score (nSPS) is 10.5. The van der Waals surface area contributed by atoms with E-state index in [-0.39, 0.29) is 19.0 Å². The monoisotopic (exact) mass is 212 g/mol. The van der Waals surface area contributed by atoms with Crippen LogP contribution in [0.5, 0.6) is 0 Å². The van der Waals surface area contributed by atoms with E-state index in [1.54, 1.807) is 0 Å². The molecule has 0 aromatic heterocycles. The van der Waals surface area contributed by atoms with E-state index in [9.17, 15) is 9.59 Å². The molecule has 2 N–H and O–H groups in total. The molecular weight excluding hydrogens is 196 g/mol. The molecule has 0 radical (unpaired) electrons. The second kappa shape index (κ2) is 5.37. The van der Waals surface area contributed by atoms with Crippen molar-refractivity contribution in [3.63, 3.8) is 0 Å². The van der Waals surface area contributed by atoms with Crippen LogP contribution in [0.3, 0.4) is 0 Å². The molecule has 0 heterocycles. The van der Waals surface area contributed by atoms with Crippen molar-refractivity contribution in [3.05, 3.63) is 0 Å². The van der Waals surface area contributed by atoms with Crippen LogP contribution in [0.25, 0.3) is 0 Å². The van der Waals surface area contributed by atoms with Gasteiger partial charge in [-0.15, -0.1) is 6.42 Å². The van der Waals surface area contributed by atoms with Crippen LogP contribution < -0.4 is 5.32 Å². The van der Waals surface area contributed by atoms with Gasteiger partial charge in [0.1, 0.15) is 5.54 Å². The Hall–Kier alpha value is -1.54. The average molecular weight is 212 g/mol. The predicted octanol–water partition coefficient (Wildman–Crippen LogP) is -0.469. The molecule has 0 saturated carbocycles. The van der Waals surface area contributed by atoms with Crippen molar-refractivity contribution in [2.75, 3.05) is 20.1 Å².